The zero-order chi connectivity index (χ0) is 20.9. The van der Waals surface area contributed by atoms with Crippen molar-refractivity contribution in [1.29, 1.82) is 0 Å². The van der Waals surface area contributed by atoms with Crippen LogP contribution >= 0.6 is 35.6 Å². The van der Waals surface area contributed by atoms with Gasteiger partial charge < -0.3 is 20.3 Å². The van der Waals surface area contributed by atoms with Gasteiger partial charge in [0.2, 0.25) is 0 Å². The van der Waals surface area contributed by atoms with E-state index in [1.54, 1.807) is 11.8 Å². The highest BCUT2D eigenvalue weighted by Gasteiger charge is 2.18. The first-order valence-electron chi connectivity index (χ1n) is 9.73. The van der Waals surface area contributed by atoms with E-state index in [1.165, 1.54) is 5.69 Å². The Kier molecular flexibility index (Phi) is 7.97. The second kappa shape index (κ2) is 10.7. The van der Waals surface area contributed by atoms with Crippen LogP contribution in [0.4, 0.5) is 5.69 Å². The SMILES string of the molecule is COc1ccc(-n2cc(CN=C(N)N3CCN(c4ccc(Cl)cc4)CC3)nn2)cc1.I. The molecule has 4 rings (SSSR count). The molecule has 0 amide bonds. The number of methoxy groups -OCH3 is 1. The van der Waals surface area contributed by atoms with Gasteiger partial charge in [-0.05, 0) is 48.5 Å². The quantitative estimate of drug-likeness (QED) is 0.297. The van der Waals surface area contributed by atoms with Gasteiger partial charge in [0.25, 0.3) is 0 Å². The number of hydrogen-bond acceptors (Lipinski definition) is 5. The fraction of sp³-hybridized carbons (Fsp3) is 0.286. The first-order valence-corrected chi connectivity index (χ1v) is 10.1. The third kappa shape index (κ3) is 5.79. The van der Waals surface area contributed by atoms with Crippen LogP contribution in [0.2, 0.25) is 5.02 Å². The van der Waals surface area contributed by atoms with Gasteiger partial charge in [-0.1, -0.05) is 16.8 Å². The van der Waals surface area contributed by atoms with E-state index < -0.39 is 0 Å². The second-order valence-corrected chi connectivity index (χ2v) is 7.41. The molecule has 0 radical (unpaired) electrons. The summed E-state index contributed by atoms with van der Waals surface area (Å²) >= 11 is 5.97. The molecule has 1 fully saturated rings. The van der Waals surface area contributed by atoms with Crippen LogP contribution in [-0.4, -0.2) is 59.1 Å². The van der Waals surface area contributed by atoms with E-state index >= 15 is 0 Å². The lowest BCUT2D eigenvalue weighted by Crippen LogP contribution is -2.51. The van der Waals surface area contributed by atoms with Crippen LogP contribution in [0.25, 0.3) is 5.69 Å². The van der Waals surface area contributed by atoms with Gasteiger partial charge in [-0.3, -0.25) is 0 Å². The molecular weight excluding hydrogens is 529 g/mol. The van der Waals surface area contributed by atoms with Gasteiger partial charge in [0.05, 0.1) is 25.5 Å². The van der Waals surface area contributed by atoms with Crippen LogP contribution in [0.5, 0.6) is 5.75 Å². The number of rotatable bonds is 5. The van der Waals surface area contributed by atoms with Crippen molar-refractivity contribution in [3.8, 4) is 11.4 Å². The first-order chi connectivity index (χ1) is 14.6. The number of benzene rings is 2. The Labute approximate surface area is 203 Å². The topological polar surface area (TPSA) is 84.8 Å². The monoisotopic (exact) mass is 553 g/mol. The first kappa shape index (κ1) is 23.1. The van der Waals surface area contributed by atoms with Crippen molar-refractivity contribution in [3.05, 3.63) is 65.4 Å². The minimum absolute atomic E-state index is 0. The average Bonchev–Trinajstić information content (AvgIpc) is 3.27. The third-order valence-electron chi connectivity index (χ3n) is 5.08. The summed E-state index contributed by atoms with van der Waals surface area (Å²) in [5, 5.41) is 9.11. The van der Waals surface area contributed by atoms with Gasteiger partial charge in [0.1, 0.15) is 11.4 Å². The predicted molar refractivity (Wildman–Crippen MR) is 134 cm³/mol. The maximum absolute atomic E-state index is 6.22. The van der Waals surface area contributed by atoms with E-state index in [4.69, 9.17) is 22.1 Å². The molecule has 0 aliphatic carbocycles. The lowest BCUT2D eigenvalue weighted by atomic mass is 10.2. The molecule has 0 atom stereocenters. The van der Waals surface area contributed by atoms with Gasteiger partial charge in [-0.15, -0.1) is 29.1 Å². The molecule has 0 bridgehead atoms. The predicted octanol–water partition coefficient (Wildman–Crippen LogP) is 3.18. The van der Waals surface area contributed by atoms with E-state index in [0.717, 1.165) is 48.3 Å². The Balaban J connectivity index is 0.00000272. The van der Waals surface area contributed by atoms with Crippen LogP contribution in [0.3, 0.4) is 0 Å². The summed E-state index contributed by atoms with van der Waals surface area (Å²) in [4.78, 5) is 8.93. The number of aliphatic imine (C=N–C) groups is 1. The maximum atomic E-state index is 6.22. The zero-order valence-corrected chi connectivity index (χ0v) is 20.3. The summed E-state index contributed by atoms with van der Waals surface area (Å²) in [6.45, 7) is 3.78. The molecule has 1 saturated heterocycles. The summed E-state index contributed by atoms with van der Waals surface area (Å²) in [6, 6.07) is 15.5. The molecule has 0 saturated carbocycles. The molecule has 1 aliphatic heterocycles. The van der Waals surface area contributed by atoms with Crippen LogP contribution in [0, 0.1) is 0 Å². The standard InChI is InChI=1S/C21H24ClN7O.HI/c1-30-20-8-6-19(7-9-20)29-15-17(25-26-29)14-24-21(23)28-12-10-27(11-13-28)18-4-2-16(22)3-5-18;/h2-9,15H,10-14H2,1H3,(H2,23,24);1H. The molecule has 1 aromatic heterocycles. The molecular formula is C21H25ClIN7O. The maximum Gasteiger partial charge on any atom is 0.191 e. The van der Waals surface area contributed by atoms with Crippen molar-refractivity contribution in [1.82, 2.24) is 19.9 Å². The molecule has 8 nitrogen and oxygen atoms in total. The Bertz CT molecular complexity index is 999. The van der Waals surface area contributed by atoms with E-state index in [1.807, 2.05) is 54.7 Å². The molecule has 10 heteroatoms. The third-order valence-corrected chi connectivity index (χ3v) is 5.33. The Morgan fingerprint density at radius 1 is 1.03 bits per heavy atom. The molecule has 31 heavy (non-hydrogen) atoms. The lowest BCUT2D eigenvalue weighted by molar-refractivity contribution is 0.380. The smallest absolute Gasteiger partial charge is 0.191 e. The van der Waals surface area contributed by atoms with Gasteiger partial charge in [0, 0.05) is 36.9 Å². The van der Waals surface area contributed by atoms with E-state index in [2.05, 4.69) is 25.1 Å². The molecule has 3 aromatic rings. The molecule has 0 unspecified atom stereocenters. The second-order valence-electron chi connectivity index (χ2n) is 6.98. The molecule has 2 aromatic carbocycles. The fourth-order valence-corrected chi connectivity index (χ4v) is 3.47. The van der Waals surface area contributed by atoms with Gasteiger partial charge in [-0.25, -0.2) is 9.67 Å². The largest absolute Gasteiger partial charge is 0.497 e. The van der Waals surface area contributed by atoms with E-state index in [-0.39, 0.29) is 24.0 Å². The highest BCUT2D eigenvalue weighted by molar-refractivity contribution is 14.0. The number of halogens is 2. The van der Waals surface area contributed by atoms with Crippen molar-refractivity contribution in [2.45, 2.75) is 6.54 Å². The number of hydrogen-bond donors (Lipinski definition) is 1. The van der Waals surface area contributed by atoms with Crippen molar-refractivity contribution >= 4 is 47.2 Å². The highest BCUT2D eigenvalue weighted by atomic mass is 127. The summed E-state index contributed by atoms with van der Waals surface area (Å²) in [6.07, 6.45) is 1.86. The van der Waals surface area contributed by atoms with Crippen LogP contribution in [0.15, 0.2) is 59.7 Å². The van der Waals surface area contributed by atoms with Crippen molar-refractivity contribution < 1.29 is 4.74 Å². The minimum atomic E-state index is 0. The Morgan fingerprint density at radius 2 is 1.68 bits per heavy atom. The van der Waals surface area contributed by atoms with Crippen molar-refractivity contribution in [2.24, 2.45) is 10.7 Å². The number of nitrogens with two attached hydrogens (primary N) is 1. The van der Waals surface area contributed by atoms with E-state index in [0.29, 0.717) is 12.5 Å². The van der Waals surface area contributed by atoms with Gasteiger partial charge in [0.15, 0.2) is 5.96 Å². The number of aromatic nitrogens is 3. The number of nitrogens with zero attached hydrogens (tertiary/aromatic N) is 6. The summed E-state index contributed by atoms with van der Waals surface area (Å²) in [5.41, 5.74) is 9.06. The number of piperazine rings is 1. The lowest BCUT2D eigenvalue weighted by Gasteiger charge is -2.36. The molecule has 2 N–H and O–H groups in total. The van der Waals surface area contributed by atoms with Gasteiger partial charge in [-0.2, -0.15) is 0 Å². The number of ether oxygens (including phenoxy) is 1. The average molecular weight is 554 g/mol. The molecule has 0 spiro atoms. The summed E-state index contributed by atoms with van der Waals surface area (Å²) in [5.74, 6) is 1.33. The van der Waals surface area contributed by atoms with Crippen molar-refractivity contribution in [3.63, 3.8) is 0 Å². The fourth-order valence-electron chi connectivity index (χ4n) is 3.34. The Hall–Kier alpha value is -2.53. The van der Waals surface area contributed by atoms with Crippen molar-refractivity contribution in [2.75, 3.05) is 38.2 Å². The Morgan fingerprint density at radius 3 is 2.32 bits per heavy atom. The molecule has 164 valence electrons. The van der Waals surface area contributed by atoms with Crippen LogP contribution < -0.4 is 15.4 Å². The van der Waals surface area contributed by atoms with Crippen LogP contribution in [-0.2, 0) is 6.54 Å². The van der Waals surface area contributed by atoms with E-state index in [9.17, 15) is 0 Å². The van der Waals surface area contributed by atoms with Gasteiger partial charge >= 0.3 is 0 Å². The highest BCUT2D eigenvalue weighted by Crippen LogP contribution is 2.19. The minimum Gasteiger partial charge on any atom is -0.497 e. The van der Waals surface area contributed by atoms with Crippen LogP contribution in [0.1, 0.15) is 5.69 Å². The normalized spacial score (nSPS) is 14.3. The summed E-state index contributed by atoms with van der Waals surface area (Å²) in [7, 11) is 1.64. The summed E-state index contributed by atoms with van der Waals surface area (Å²) < 4.78 is 6.89. The molecule has 2 heterocycles. The zero-order valence-electron chi connectivity index (χ0n) is 17.2. The number of guanidine groups is 1. The molecule has 1 aliphatic rings. The number of anilines is 1.